The molecule has 1 amide bonds. The minimum atomic E-state index is -3.53. The second kappa shape index (κ2) is 10.6. The van der Waals surface area contributed by atoms with Crippen molar-refractivity contribution in [3.05, 3.63) is 0 Å². The van der Waals surface area contributed by atoms with Crippen molar-refractivity contribution in [2.45, 2.75) is 81.1 Å². The molecule has 0 saturated carbocycles. The summed E-state index contributed by atoms with van der Waals surface area (Å²) in [6.07, 6.45) is -15.5. The van der Waals surface area contributed by atoms with Crippen molar-refractivity contribution < 1.29 is 62.8 Å². The van der Waals surface area contributed by atoms with Crippen molar-refractivity contribution in [3.8, 4) is 0 Å². The summed E-state index contributed by atoms with van der Waals surface area (Å²) in [5.74, 6) is -5.87. The number of hydrogen-bond donors (Lipinski definition) is 7. The van der Waals surface area contributed by atoms with Crippen LogP contribution in [0.2, 0.25) is 0 Å². The normalized spacial score (nSPS) is 40.7. The molecule has 0 radical (unpaired) electrons. The molecule has 32 heavy (non-hydrogen) atoms. The zero-order valence-corrected chi connectivity index (χ0v) is 17.2. The molecule has 2 aliphatic heterocycles. The van der Waals surface area contributed by atoms with Crippen molar-refractivity contribution in [2.24, 2.45) is 5.73 Å². The summed E-state index contributed by atoms with van der Waals surface area (Å²) in [5.41, 5.74) is 4.94. The summed E-state index contributed by atoms with van der Waals surface area (Å²) >= 11 is 0. The van der Waals surface area contributed by atoms with E-state index in [-0.39, 0.29) is 0 Å². The Balaban J connectivity index is 2.29. The van der Waals surface area contributed by atoms with Crippen molar-refractivity contribution in [1.29, 1.82) is 0 Å². The highest BCUT2D eigenvalue weighted by molar-refractivity contribution is 5.73. The standard InChI is InChI=1S/C17H28F2N2O11/c1-5-8(23)9(24)7(21-6(2)22)15(30-5)32-13-11(26)10(25)12(14(27)28)31-16(13)29-4-17(18,19)3-20/h5,7-13,15-16,23-26H,3-4,20H2,1-2H3,(H,21,22)(H,27,28)/t5?,7-,8+,9?,10-,11?,12?,13?,15-,16+/m0/s1. The number of carbonyl (C=O) groups is 2. The van der Waals surface area contributed by atoms with E-state index in [4.69, 9.17) is 24.7 Å². The number of aliphatic carboxylic acids is 1. The van der Waals surface area contributed by atoms with Gasteiger partial charge in [-0.2, -0.15) is 0 Å². The average molecular weight is 474 g/mol. The number of halogens is 2. The fourth-order valence-corrected chi connectivity index (χ4v) is 3.27. The van der Waals surface area contributed by atoms with Gasteiger partial charge in [0.2, 0.25) is 5.91 Å². The number of hydrogen-bond acceptors (Lipinski definition) is 11. The third-order valence-corrected chi connectivity index (χ3v) is 5.05. The van der Waals surface area contributed by atoms with Crippen molar-refractivity contribution in [2.75, 3.05) is 13.2 Å². The zero-order valence-electron chi connectivity index (χ0n) is 17.2. The first-order valence-corrected chi connectivity index (χ1v) is 9.67. The Morgan fingerprint density at radius 3 is 2.22 bits per heavy atom. The lowest BCUT2D eigenvalue weighted by Crippen LogP contribution is -2.67. The monoisotopic (exact) mass is 474 g/mol. The molecule has 0 spiro atoms. The lowest BCUT2D eigenvalue weighted by Gasteiger charge is -2.46. The summed E-state index contributed by atoms with van der Waals surface area (Å²) in [4.78, 5) is 22.8. The van der Waals surface area contributed by atoms with Gasteiger partial charge in [-0.3, -0.25) is 4.79 Å². The van der Waals surface area contributed by atoms with Gasteiger partial charge in [0.15, 0.2) is 18.7 Å². The molecule has 8 N–H and O–H groups in total. The Morgan fingerprint density at radius 1 is 1.06 bits per heavy atom. The SMILES string of the molecule is CC(=O)N[C@H]1C(O)[C@H](O)C(C)O[C@H]1OC1C(O)[C@H](O)C(C(=O)O)O[C@H]1OCC(F)(F)CN. The van der Waals surface area contributed by atoms with E-state index in [1.807, 2.05) is 0 Å². The maximum Gasteiger partial charge on any atom is 0.335 e. The maximum absolute atomic E-state index is 13.6. The van der Waals surface area contributed by atoms with Crippen molar-refractivity contribution in [3.63, 3.8) is 0 Å². The van der Waals surface area contributed by atoms with Gasteiger partial charge in [-0.25, -0.2) is 13.6 Å². The zero-order chi connectivity index (χ0) is 24.4. The summed E-state index contributed by atoms with van der Waals surface area (Å²) < 4.78 is 48.0. The second-order valence-corrected chi connectivity index (χ2v) is 7.63. The van der Waals surface area contributed by atoms with E-state index in [2.05, 4.69) is 5.32 Å². The summed E-state index contributed by atoms with van der Waals surface area (Å²) in [7, 11) is 0. The molecule has 0 aromatic rings. The Bertz CT molecular complexity index is 672. The van der Waals surface area contributed by atoms with E-state index >= 15 is 0 Å². The molecule has 2 aliphatic rings. The van der Waals surface area contributed by atoms with Crippen LogP contribution < -0.4 is 11.1 Å². The number of aliphatic hydroxyl groups is 4. The summed E-state index contributed by atoms with van der Waals surface area (Å²) in [6, 6.07) is -1.38. The van der Waals surface area contributed by atoms with E-state index in [0.29, 0.717) is 0 Å². The van der Waals surface area contributed by atoms with Gasteiger partial charge in [0.25, 0.3) is 5.92 Å². The fraction of sp³-hybridized carbons (Fsp3) is 0.882. The minimum Gasteiger partial charge on any atom is -0.479 e. The fourth-order valence-electron chi connectivity index (χ4n) is 3.27. The van der Waals surface area contributed by atoms with E-state index < -0.39 is 92.3 Å². The molecule has 15 heteroatoms. The van der Waals surface area contributed by atoms with E-state index in [0.717, 1.165) is 6.92 Å². The smallest absolute Gasteiger partial charge is 0.335 e. The van der Waals surface area contributed by atoms with Crippen molar-refractivity contribution in [1.82, 2.24) is 5.32 Å². The molecular formula is C17H28F2N2O11. The molecule has 13 nitrogen and oxygen atoms in total. The van der Waals surface area contributed by atoms with Crippen LogP contribution in [0.5, 0.6) is 0 Å². The van der Waals surface area contributed by atoms with Gasteiger partial charge in [0.1, 0.15) is 43.2 Å². The van der Waals surface area contributed by atoms with Crippen LogP contribution in [0.25, 0.3) is 0 Å². The first kappa shape index (κ1) is 26.7. The number of carbonyl (C=O) groups excluding carboxylic acids is 1. The van der Waals surface area contributed by atoms with Crippen LogP contribution in [0, 0.1) is 0 Å². The first-order chi connectivity index (χ1) is 14.8. The topological polar surface area (TPSA) is 210 Å². The number of ether oxygens (including phenoxy) is 4. The molecule has 5 unspecified atom stereocenters. The number of carboxylic acids is 1. The summed E-state index contributed by atoms with van der Waals surface area (Å²) in [6.45, 7) is 0.0419. The van der Waals surface area contributed by atoms with E-state index in [1.165, 1.54) is 6.92 Å². The highest BCUT2D eigenvalue weighted by Gasteiger charge is 2.53. The van der Waals surface area contributed by atoms with Gasteiger partial charge < -0.3 is 55.5 Å². The molecule has 2 saturated heterocycles. The number of amides is 1. The number of nitrogens with one attached hydrogen (secondary N) is 1. The predicted molar refractivity (Wildman–Crippen MR) is 97.1 cm³/mol. The molecule has 0 aromatic carbocycles. The van der Waals surface area contributed by atoms with Crippen LogP contribution in [-0.4, -0.2) is 118 Å². The molecular weight excluding hydrogens is 446 g/mol. The first-order valence-electron chi connectivity index (χ1n) is 9.67. The Morgan fingerprint density at radius 2 is 1.69 bits per heavy atom. The van der Waals surface area contributed by atoms with Gasteiger partial charge >= 0.3 is 5.97 Å². The lowest BCUT2D eigenvalue weighted by atomic mass is 9.96. The highest BCUT2D eigenvalue weighted by Crippen LogP contribution is 2.30. The molecule has 0 bridgehead atoms. The number of carboxylic acid groups (broad SMARTS) is 1. The number of nitrogens with two attached hydrogens (primary N) is 1. The average Bonchev–Trinajstić information content (AvgIpc) is 2.71. The van der Waals surface area contributed by atoms with Gasteiger partial charge in [0, 0.05) is 6.92 Å². The third-order valence-electron chi connectivity index (χ3n) is 5.05. The van der Waals surface area contributed by atoms with Gasteiger partial charge in [-0.15, -0.1) is 0 Å². The third kappa shape index (κ3) is 6.06. The van der Waals surface area contributed by atoms with E-state index in [1.54, 1.807) is 0 Å². The Hall–Kier alpha value is -1.56. The Labute approximate surface area is 181 Å². The van der Waals surface area contributed by atoms with Crippen LogP contribution in [0.1, 0.15) is 13.8 Å². The van der Waals surface area contributed by atoms with Crippen LogP contribution >= 0.6 is 0 Å². The van der Waals surface area contributed by atoms with Crippen LogP contribution in [-0.2, 0) is 28.5 Å². The number of alkyl halides is 2. The molecule has 0 aromatic heterocycles. The maximum atomic E-state index is 13.6. The largest absolute Gasteiger partial charge is 0.479 e. The number of aliphatic hydroxyl groups excluding tert-OH is 4. The van der Waals surface area contributed by atoms with Crippen LogP contribution in [0.15, 0.2) is 0 Å². The molecule has 2 heterocycles. The van der Waals surface area contributed by atoms with Crippen molar-refractivity contribution >= 4 is 11.9 Å². The molecule has 2 rings (SSSR count). The van der Waals surface area contributed by atoms with Crippen LogP contribution in [0.4, 0.5) is 8.78 Å². The van der Waals surface area contributed by atoms with Gasteiger partial charge in [-0.05, 0) is 6.92 Å². The molecule has 186 valence electrons. The molecule has 0 aliphatic carbocycles. The van der Waals surface area contributed by atoms with Crippen LogP contribution in [0.3, 0.4) is 0 Å². The van der Waals surface area contributed by atoms with Gasteiger partial charge in [0.05, 0.1) is 12.6 Å². The Kier molecular flexibility index (Phi) is 8.82. The minimum absolute atomic E-state index is 0.644. The highest BCUT2D eigenvalue weighted by atomic mass is 19.3. The quantitative estimate of drug-likeness (QED) is 0.183. The second-order valence-electron chi connectivity index (χ2n) is 7.63. The summed E-state index contributed by atoms with van der Waals surface area (Å²) in [5, 5.41) is 52.3. The van der Waals surface area contributed by atoms with E-state index in [9.17, 15) is 43.9 Å². The number of rotatable bonds is 8. The lowest BCUT2D eigenvalue weighted by molar-refractivity contribution is -0.352. The molecule has 2 fully saturated rings. The molecule has 10 atom stereocenters. The van der Waals surface area contributed by atoms with Gasteiger partial charge in [-0.1, -0.05) is 0 Å². The predicted octanol–water partition coefficient (Wildman–Crippen LogP) is -3.52.